The zero-order valence-electron chi connectivity index (χ0n) is 16.4. The summed E-state index contributed by atoms with van der Waals surface area (Å²) in [7, 11) is 0. The van der Waals surface area contributed by atoms with Gasteiger partial charge in [-0.2, -0.15) is 13.2 Å². The van der Waals surface area contributed by atoms with E-state index in [1.165, 1.54) is 42.2 Å². The number of alkyl halides is 3. The third-order valence-electron chi connectivity index (χ3n) is 3.92. The van der Waals surface area contributed by atoms with E-state index in [-0.39, 0.29) is 12.2 Å². The van der Waals surface area contributed by atoms with Crippen LogP contribution >= 0.6 is 0 Å². The summed E-state index contributed by atoms with van der Waals surface area (Å²) < 4.78 is 43.7. The van der Waals surface area contributed by atoms with Crippen molar-refractivity contribution < 1.29 is 27.6 Å². The Morgan fingerprint density at radius 3 is 2.14 bits per heavy atom. The Labute approximate surface area is 166 Å². The largest absolute Gasteiger partial charge is 0.443 e. The fraction of sp³-hybridized carbons (Fsp3) is 0.350. The van der Waals surface area contributed by atoms with Gasteiger partial charge in [-0.15, -0.1) is 0 Å². The normalized spacial score (nSPS) is 11.8. The monoisotopic (exact) mass is 410 g/mol. The van der Waals surface area contributed by atoms with E-state index in [9.17, 15) is 28.1 Å². The molecule has 2 aromatic rings. The predicted molar refractivity (Wildman–Crippen MR) is 102 cm³/mol. The van der Waals surface area contributed by atoms with E-state index in [4.69, 9.17) is 4.74 Å². The number of hydrogen-bond donors (Lipinski definition) is 0. The van der Waals surface area contributed by atoms with E-state index in [1.807, 2.05) is 0 Å². The second kappa shape index (κ2) is 8.10. The summed E-state index contributed by atoms with van der Waals surface area (Å²) in [6, 6.07) is 8.56. The van der Waals surface area contributed by atoms with Crippen LogP contribution in [0.25, 0.3) is 0 Å². The van der Waals surface area contributed by atoms with Crippen LogP contribution in [0.15, 0.2) is 42.5 Å². The zero-order valence-corrected chi connectivity index (χ0v) is 16.4. The topological polar surface area (TPSA) is 72.7 Å². The maximum atomic E-state index is 12.8. The van der Waals surface area contributed by atoms with E-state index in [0.29, 0.717) is 16.8 Å². The molecule has 0 spiro atoms. The number of nitrogens with zero attached hydrogens (tertiary/aromatic N) is 2. The first kappa shape index (κ1) is 22.2. The van der Waals surface area contributed by atoms with Crippen LogP contribution in [-0.4, -0.2) is 16.6 Å². The summed E-state index contributed by atoms with van der Waals surface area (Å²) in [5.74, 6) is 0. The van der Waals surface area contributed by atoms with E-state index in [2.05, 4.69) is 0 Å². The molecule has 0 radical (unpaired) electrons. The molecule has 0 fully saturated rings. The Kier molecular flexibility index (Phi) is 6.20. The van der Waals surface area contributed by atoms with Gasteiger partial charge < -0.3 is 4.74 Å². The van der Waals surface area contributed by atoms with Gasteiger partial charge >= 0.3 is 12.3 Å². The molecule has 2 aromatic carbocycles. The third kappa shape index (κ3) is 5.94. The molecule has 156 valence electrons. The summed E-state index contributed by atoms with van der Waals surface area (Å²) in [5, 5.41) is 11.0. The number of benzene rings is 2. The van der Waals surface area contributed by atoms with Gasteiger partial charge in [0.25, 0.3) is 5.69 Å². The van der Waals surface area contributed by atoms with Crippen molar-refractivity contribution in [3.05, 3.63) is 69.3 Å². The molecule has 0 aliphatic heterocycles. The molecule has 0 aliphatic rings. The van der Waals surface area contributed by atoms with Crippen molar-refractivity contribution in [2.75, 3.05) is 4.90 Å². The van der Waals surface area contributed by atoms with E-state index < -0.39 is 28.4 Å². The zero-order chi connectivity index (χ0) is 22.0. The minimum atomic E-state index is -4.46. The van der Waals surface area contributed by atoms with E-state index in [1.54, 1.807) is 20.8 Å². The maximum Gasteiger partial charge on any atom is 0.416 e. The average molecular weight is 410 g/mol. The Balaban J connectivity index is 2.39. The molecular weight excluding hydrogens is 389 g/mol. The Morgan fingerprint density at radius 1 is 1.10 bits per heavy atom. The number of halogens is 3. The molecule has 0 bridgehead atoms. The van der Waals surface area contributed by atoms with Crippen molar-refractivity contribution in [2.24, 2.45) is 0 Å². The van der Waals surface area contributed by atoms with E-state index in [0.717, 1.165) is 12.1 Å². The van der Waals surface area contributed by atoms with Crippen molar-refractivity contribution in [3.8, 4) is 0 Å². The Morgan fingerprint density at radius 2 is 1.69 bits per heavy atom. The fourth-order valence-corrected chi connectivity index (χ4v) is 2.57. The van der Waals surface area contributed by atoms with Crippen LogP contribution in [-0.2, 0) is 17.5 Å². The average Bonchev–Trinajstić information content (AvgIpc) is 2.57. The number of amides is 1. The van der Waals surface area contributed by atoms with Gasteiger partial charge in [0.15, 0.2) is 0 Å². The lowest BCUT2D eigenvalue weighted by Crippen LogP contribution is -2.36. The summed E-state index contributed by atoms with van der Waals surface area (Å²) in [4.78, 5) is 24.4. The first-order chi connectivity index (χ1) is 13.3. The van der Waals surface area contributed by atoms with Crippen LogP contribution in [0.4, 0.5) is 29.3 Å². The van der Waals surface area contributed by atoms with Crippen molar-refractivity contribution in [3.63, 3.8) is 0 Å². The highest BCUT2D eigenvalue weighted by atomic mass is 19.4. The highest BCUT2D eigenvalue weighted by Crippen LogP contribution is 2.30. The lowest BCUT2D eigenvalue weighted by atomic mass is 10.1. The molecule has 0 aromatic heterocycles. The highest BCUT2D eigenvalue weighted by Gasteiger charge is 2.30. The first-order valence-electron chi connectivity index (χ1n) is 8.69. The number of aryl methyl sites for hydroxylation is 1. The summed E-state index contributed by atoms with van der Waals surface area (Å²) in [6.45, 7) is 6.52. The second-order valence-electron chi connectivity index (χ2n) is 7.49. The van der Waals surface area contributed by atoms with Crippen LogP contribution < -0.4 is 4.90 Å². The minimum absolute atomic E-state index is 0.0652. The SMILES string of the molecule is Cc1cc(N(Cc2ccc(C(F)(F)F)cc2)C(=O)OC(C)(C)C)ccc1[N+](=O)[O-]. The number of anilines is 1. The van der Waals surface area contributed by atoms with Crippen molar-refractivity contribution in [1.82, 2.24) is 0 Å². The second-order valence-corrected chi connectivity index (χ2v) is 7.49. The first-order valence-corrected chi connectivity index (χ1v) is 8.69. The summed E-state index contributed by atoms with van der Waals surface area (Å²) >= 11 is 0. The Bertz CT molecular complexity index is 903. The number of hydrogen-bond acceptors (Lipinski definition) is 4. The number of rotatable bonds is 4. The van der Waals surface area contributed by atoms with Crippen LogP contribution in [0.2, 0.25) is 0 Å². The third-order valence-corrected chi connectivity index (χ3v) is 3.92. The van der Waals surface area contributed by atoms with Gasteiger partial charge in [0.05, 0.1) is 17.0 Å². The predicted octanol–water partition coefficient (Wildman–Crippen LogP) is 5.86. The lowest BCUT2D eigenvalue weighted by molar-refractivity contribution is -0.385. The van der Waals surface area contributed by atoms with Crippen molar-refractivity contribution in [2.45, 2.75) is 46.0 Å². The van der Waals surface area contributed by atoms with Crippen LogP contribution in [0, 0.1) is 17.0 Å². The maximum absolute atomic E-state index is 12.8. The molecule has 6 nitrogen and oxygen atoms in total. The smallest absolute Gasteiger partial charge is 0.416 e. The molecule has 29 heavy (non-hydrogen) atoms. The van der Waals surface area contributed by atoms with Gasteiger partial charge in [-0.25, -0.2) is 4.79 Å². The van der Waals surface area contributed by atoms with Gasteiger partial charge in [0, 0.05) is 17.3 Å². The molecular formula is C20H21F3N2O4. The molecule has 0 heterocycles. The molecule has 2 rings (SSSR count). The van der Waals surface area contributed by atoms with Crippen LogP contribution in [0.3, 0.4) is 0 Å². The number of nitro groups is 1. The summed E-state index contributed by atoms with van der Waals surface area (Å²) in [6.07, 6.45) is -5.18. The summed E-state index contributed by atoms with van der Waals surface area (Å²) in [5.41, 5.74) is -0.579. The van der Waals surface area contributed by atoms with Crippen LogP contribution in [0.5, 0.6) is 0 Å². The van der Waals surface area contributed by atoms with Crippen LogP contribution in [0.1, 0.15) is 37.5 Å². The number of carbonyl (C=O) groups excluding carboxylic acids is 1. The van der Waals surface area contributed by atoms with Crippen molar-refractivity contribution >= 4 is 17.5 Å². The molecule has 0 unspecified atom stereocenters. The quantitative estimate of drug-likeness (QED) is 0.467. The minimum Gasteiger partial charge on any atom is -0.443 e. The lowest BCUT2D eigenvalue weighted by Gasteiger charge is -2.28. The molecule has 9 heteroatoms. The Hall–Kier alpha value is -3.10. The molecule has 0 saturated heterocycles. The molecule has 0 aliphatic carbocycles. The van der Waals surface area contributed by atoms with Gasteiger partial charge in [-0.1, -0.05) is 12.1 Å². The molecule has 0 atom stereocenters. The highest BCUT2D eigenvalue weighted by molar-refractivity contribution is 5.88. The molecule has 0 N–H and O–H groups in total. The fourth-order valence-electron chi connectivity index (χ4n) is 2.57. The number of ether oxygens (including phenoxy) is 1. The standard InChI is InChI=1S/C20H21F3N2O4/c1-13-11-16(9-10-17(13)25(27)28)24(18(26)29-19(2,3)4)12-14-5-7-15(8-6-14)20(21,22)23/h5-11H,12H2,1-4H3. The van der Waals surface area contributed by atoms with Gasteiger partial charge in [-0.05, 0) is 57.5 Å². The van der Waals surface area contributed by atoms with E-state index >= 15 is 0 Å². The van der Waals surface area contributed by atoms with Crippen molar-refractivity contribution in [1.29, 1.82) is 0 Å². The van der Waals surface area contributed by atoms with Gasteiger partial charge in [0.1, 0.15) is 5.60 Å². The van der Waals surface area contributed by atoms with Gasteiger partial charge in [-0.3, -0.25) is 15.0 Å². The molecule has 1 amide bonds. The molecule has 0 saturated carbocycles. The number of nitro benzene ring substituents is 1. The number of carbonyl (C=O) groups is 1. The van der Waals surface area contributed by atoms with Gasteiger partial charge in [0.2, 0.25) is 0 Å².